The van der Waals surface area contributed by atoms with Gasteiger partial charge in [-0.15, -0.1) is 0 Å². The summed E-state index contributed by atoms with van der Waals surface area (Å²) in [6.45, 7) is 8.07. The highest BCUT2D eigenvalue weighted by Crippen LogP contribution is 2.34. The highest BCUT2D eigenvalue weighted by atomic mass is 16.6. The topological polar surface area (TPSA) is 67.9 Å². The summed E-state index contributed by atoms with van der Waals surface area (Å²) in [5.74, 6) is 0.821. The zero-order chi connectivity index (χ0) is 16.3. The van der Waals surface area contributed by atoms with Gasteiger partial charge in [0.05, 0.1) is 0 Å². The lowest BCUT2D eigenvalue weighted by Crippen LogP contribution is -2.47. The number of nitrogens with zero attached hydrogens (tertiary/aromatic N) is 1. The van der Waals surface area contributed by atoms with E-state index in [1.165, 1.54) is 11.8 Å². The maximum atomic E-state index is 12.1. The summed E-state index contributed by atoms with van der Waals surface area (Å²) in [6, 6.07) is 5.22. The van der Waals surface area contributed by atoms with Crippen LogP contribution in [0.3, 0.4) is 0 Å². The second-order valence-corrected chi connectivity index (χ2v) is 6.23. The van der Waals surface area contributed by atoms with Gasteiger partial charge in [0.1, 0.15) is 19.8 Å². The summed E-state index contributed by atoms with van der Waals surface area (Å²) < 4.78 is 11.0. The zero-order valence-corrected chi connectivity index (χ0v) is 13.4. The first-order valence-electron chi connectivity index (χ1n) is 7.25. The standard InChI is InChI=1S/C16H22N2O4/c1-11(19)18(10-15(20)17-16(2,3)4)12-5-6-13-14(9-12)22-8-7-21-13/h5-6,9H,7-8,10H2,1-4H3,(H,17,20). The first kappa shape index (κ1) is 16.1. The molecule has 1 aliphatic rings. The van der Waals surface area contributed by atoms with Gasteiger partial charge in [-0.2, -0.15) is 0 Å². The van der Waals surface area contributed by atoms with Crippen LogP contribution in [-0.2, 0) is 9.59 Å². The molecule has 0 fully saturated rings. The molecule has 6 nitrogen and oxygen atoms in total. The van der Waals surface area contributed by atoms with Crippen molar-refractivity contribution in [3.05, 3.63) is 18.2 Å². The van der Waals surface area contributed by atoms with Crippen LogP contribution in [0.2, 0.25) is 0 Å². The number of amides is 2. The number of carbonyl (C=O) groups excluding carboxylic acids is 2. The van der Waals surface area contributed by atoms with Crippen LogP contribution in [0.4, 0.5) is 5.69 Å². The maximum absolute atomic E-state index is 12.1. The molecule has 120 valence electrons. The molecule has 0 saturated heterocycles. The number of hydrogen-bond donors (Lipinski definition) is 1. The van der Waals surface area contributed by atoms with Gasteiger partial charge in [-0.3, -0.25) is 9.59 Å². The molecule has 1 N–H and O–H groups in total. The molecule has 0 radical (unpaired) electrons. The third-order valence-corrected chi connectivity index (χ3v) is 3.03. The highest BCUT2D eigenvalue weighted by molar-refractivity contribution is 5.97. The second kappa shape index (κ2) is 6.25. The highest BCUT2D eigenvalue weighted by Gasteiger charge is 2.21. The van der Waals surface area contributed by atoms with Crippen molar-refractivity contribution in [2.45, 2.75) is 33.2 Å². The van der Waals surface area contributed by atoms with Gasteiger partial charge in [-0.1, -0.05) is 0 Å². The van der Waals surface area contributed by atoms with Crippen LogP contribution in [0, 0.1) is 0 Å². The van der Waals surface area contributed by atoms with Crippen molar-refractivity contribution >= 4 is 17.5 Å². The first-order chi connectivity index (χ1) is 10.3. The van der Waals surface area contributed by atoms with Crippen molar-refractivity contribution < 1.29 is 19.1 Å². The van der Waals surface area contributed by atoms with Gasteiger partial charge in [-0.25, -0.2) is 0 Å². The average Bonchev–Trinajstić information content (AvgIpc) is 2.42. The third kappa shape index (κ3) is 4.13. The average molecular weight is 306 g/mol. The summed E-state index contributed by atoms with van der Waals surface area (Å²) in [6.07, 6.45) is 0. The van der Waals surface area contributed by atoms with E-state index >= 15 is 0 Å². The van der Waals surface area contributed by atoms with E-state index in [4.69, 9.17) is 9.47 Å². The number of hydrogen-bond acceptors (Lipinski definition) is 4. The van der Waals surface area contributed by atoms with E-state index < -0.39 is 0 Å². The molecular formula is C16H22N2O4. The number of rotatable bonds is 3. The summed E-state index contributed by atoms with van der Waals surface area (Å²) in [7, 11) is 0. The third-order valence-electron chi connectivity index (χ3n) is 3.03. The van der Waals surface area contributed by atoms with Crippen LogP contribution in [0.25, 0.3) is 0 Å². The summed E-state index contributed by atoms with van der Waals surface area (Å²) in [5.41, 5.74) is 0.271. The Morgan fingerprint density at radius 3 is 2.41 bits per heavy atom. The van der Waals surface area contributed by atoms with Crippen molar-refractivity contribution in [3.8, 4) is 11.5 Å². The molecule has 1 aromatic rings. The SMILES string of the molecule is CC(=O)N(CC(=O)NC(C)(C)C)c1ccc2c(c1)OCCO2. The minimum atomic E-state index is -0.341. The van der Waals surface area contributed by atoms with E-state index in [0.717, 1.165) is 0 Å². The molecule has 22 heavy (non-hydrogen) atoms. The number of fused-ring (bicyclic) bond motifs is 1. The van der Waals surface area contributed by atoms with Crippen molar-refractivity contribution in [2.75, 3.05) is 24.7 Å². The smallest absolute Gasteiger partial charge is 0.240 e. The lowest BCUT2D eigenvalue weighted by Gasteiger charge is -2.26. The van der Waals surface area contributed by atoms with Crippen molar-refractivity contribution in [1.29, 1.82) is 0 Å². The van der Waals surface area contributed by atoms with E-state index in [1.54, 1.807) is 18.2 Å². The Bertz CT molecular complexity index is 578. The minimum absolute atomic E-state index is 0.0355. The van der Waals surface area contributed by atoms with E-state index in [0.29, 0.717) is 30.4 Å². The Morgan fingerprint density at radius 2 is 1.82 bits per heavy atom. The summed E-state index contributed by atoms with van der Waals surface area (Å²) in [5, 5.41) is 2.85. The molecule has 0 unspecified atom stereocenters. The first-order valence-corrected chi connectivity index (χ1v) is 7.25. The second-order valence-electron chi connectivity index (χ2n) is 6.23. The fraction of sp³-hybridized carbons (Fsp3) is 0.500. The van der Waals surface area contributed by atoms with Crippen molar-refractivity contribution in [3.63, 3.8) is 0 Å². The van der Waals surface area contributed by atoms with E-state index in [-0.39, 0.29) is 23.9 Å². The molecule has 1 aromatic carbocycles. The molecule has 0 atom stereocenters. The zero-order valence-electron chi connectivity index (χ0n) is 13.4. The number of benzene rings is 1. The fourth-order valence-corrected chi connectivity index (χ4v) is 2.19. The van der Waals surface area contributed by atoms with Gasteiger partial charge in [0.2, 0.25) is 11.8 Å². The summed E-state index contributed by atoms with van der Waals surface area (Å²) in [4.78, 5) is 25.4. The van der Waals surface area contributed by atoms with E-state index in [2.05, 4.69) is 5.32 Å². The molecule has 2 rings (SSSR count). The van der Waals surface area contributed by atoms with Gasteiger partial charge in [0.25, 0.3) is 0 Å². The molecule has 0 spiro atoms. The normalized spacial score (nSPS) is 13.5. The number of anilines is 1. The molecule has 0 aliphatic carbocycles. The van der Waals surface area contributed by atoms with Gasteiger partial charge in [0, 0.05) is 24.2 Å². The van der Waals surface area contributed by atoms with E-state index in [1.807, 2.05) is 20.8 Å². The molecule has 2 amide bonds. The Balaban J connectivity index is 2.18. The minimum Gasteiger partial charge on any atom is -0.486 e. The van der Waals surface area contributed by atoms with Gasteiger partial charge >= 0.3 is 0 Å². The Hall–Kier alpha value is -2.24. The van der Waals surface area contributed by atoms with Gasteiger partial charge in [-0.05, 0) is 32.9 Å². The summed E-state index contributed by atoms with van der Waals surface area (Å²) >= 11 is 0. The van der Waals surface area contributed by atoms with Crippen molar-refractivity contribution in [1.82, 2.24) is 5.32 Å². The predicted octanol–water partition coefficient (Wildman–Crippen LogP) is 1.73. The Morgan fingerprint density at radius 1 is 1.18 bits per heavy atom. The molecular weight excluding hydrogens is 284 g/mol. The van der Waals surface area contributed by atoms with Crippen LogP contribution < -0.4 is 19.7 Å². The lowest BCUT2D eigenvalue weighted by atomic mass is 10.1. The predicted molar refractivity (Wildman–Crippen MR) is 83.4 cm³/mol. The molecule has 0 aromatic heterocycles. The van der Waals surface area contributed by atoms with Crippen LogP contribution in [0.15, 0.2) is 18.2 Å². The fourth-order valence-electron chi connectivity index (χ4n) is 2.19. The van der Waals surface area contributed by atoms with Crippen molar-refractivity contribution in [2.24, 2.45) is 0 Å². The maximum Gasteiger partial charge on any atom is 0.240 e. The molecule has 0 saturated carbocycles. The van der Waals surface area contributed by atoms with Gasteiger partial charge < -0.3 is 19.7 Å². The monoisotopic (exact) mass is 306 g/mol. The van der Waals surface area contributed by atoms with Crippen LogP contribution in [-0.4, -0.2) is 37.1 Å². The molecule has 1 aliphatic heterocycles. The van der Waals surface area contributed by atoms with Crippen LogP contribution >= 0.6 is 0 Å². The van der Waals surface area contributed by atoms with Crippen LogP contribution in [0.5, 0.6) is 11.5 Å². The largest absolute Gasteiger partial charge is 0.486 e. The molecule has 6 heteroatoms. The lowest BCUT2D eigenvalue weighted by molar-refractivity contribution is -0.124. The Labute approximate surface area is 130 Å². The van der Waals surface area contributed by atoms with Gasteiger partial charge in [0.15, 0.2) is 11.5 Å². The number of nitrogens with one attached hydrogen (secondary N) is 1. The molecule has 1 heterocycles. The van der Waals surface area contributed by atoms with E-state index in [9.17, 15) is 9.59 Å². The quantitative estimate of drug-likeness (QED) is 0.923. The number of ether oxygens (including phenoxy) is 2. The Kier molecular flexibility index (Phi) is 4.59. The number of carbonyl (C=O) groups is 2. The molecule has 0 bridgehead atoms. The van der Waals surface area contributed by atoms with Crippen LogP contribution in [0.1, 0.15) is 27.7 Å².